The molecule has 2 heterocycles. The van der Waals surface area contributed by atoms with Crippen molar-refractivity contribution in [3.05, 3.63) is 46.9 Å². The maximum atomic E-state index is 10.5. The molecule has 1 aromatic heterocycles. The first-order chi connectivity index (χ1) is 12.8. The molecule has 1 unspecified atom stereocenters. The third-order valence-electron chi connectivity index (χ3n) is 4.34. The van der Waals surface area contributed by atoms with Crippen LogP contribution in [0.3, 0.4) is 0 Å². The molecule has 5 nitrogen and oxygen atoms in total. The number of guanidine groups is 1. The molecule has 3 N–H and O–H groups in total. The first-order valence-corrected chi connectivity index (χ1v) is 10.0. The Morgan fingerprint density at radius 2 is 2.23 bits per heavy atom. The summed E-state index contributed by atoms with van der Waals surface area (Å²) in [5.74, 6) is 0.750. The normalized spacial score (nSPS) is 16.4. The molecular weight excluding hydrogens is 346 g/mol. The van der Waals surface area contributed by atoms with E-state index < -0.39 is 6.10 Å². The van der Waals surface area contributed by atoms with Gasteiger partial charge in [0.1, 0.15) is 6.10 Å². The van der Waals surface area contributed by atoms with Gasteiger partial charge in [0.2, 0.25) is 0 Å². The molecule has 0 radical (unpaired) electrons. The first kappa shape index (κ1) is 18.9. The highest BCUT2D eigenvalue weighted by atomic mass is 32.1. The summed E-state index contributed by atoms with van der Waals surface area (Å²) < 4.78 is 6.53. The van der Waals surface area contributed by atoms with Crippen molar-refractivity contribution in [2.24, 2.45) is 4.99 Å². The quantitative estimate of drug-likeness (QED) is 0.396. The number of hydrogen-bond donors (Lipinski definition) is 3. The number of fused-ring (bicyclic) bond motifs is 1. The lowest BCUT2D eigenvalue weighted by atomic mass is 10.1. The zero-order valence-electron chi connectivity index (χ0n) is 15.2. The van der Waals surface area contributed by atoms with Crippen LogP contribution in [-0.2, 0) is 4.74 Å². The van der Waals surface area contributed by atoms with Crippen LogP contribution in [-0.4, -0.2) is 43.9 Å². The zero-order chi connectivity index (χ0) is 18.2. The minimum Gasteiger partial charge on any atom is -0.386 e. The van der Waals surface area contributed by atoms with E-state index in [2.05, 4.69) is 39.9 Å². The predicted octanol–water partition coefficient (Wildman–Crippen LogP) is 3.23. The summed E-state index contributed by atoms with van der Waals surface area (Å²) in [5.41, 5.74) is 1.44. The Bertz CT molecular complexity index is 736. The number of nitrogens with zero attached hydrogens (tertiary/aromatic N) is 1. The van der Waals surface area contributed by atoms with E-state index in [1.54, 1.807) is 11.3 Å². The van der Waals surface area contributed by atoms with Crippen LogP contribution >= 0.6 is 11.3 Å². The van der Waals surface area contributed by atoms with E-state index >= 15 is 0 Å². The molecule has 0 saturated heterocycles. The van der Waals surface area contributed by atoms with Crippen LogP contribution in [0, 0.1) is 0 Å². The number of aliphatic hydroxyl groups is 1. The van der Waals surface area contributed by atoms with Gasteiger partial charge < -0.3 is 20.5 Å². The fourth-order valence-electron chi connectivity index (χ4n) is 2.91. The lowest BCUT2D eigenvalue weighted by Crippen LogP contribution is -2.38. The number of aliphatic imine (C=N–C) groups is 1. The van der Waals surface area contributed by atoms with E-state index in [9.17, 15) is 5.11 Å². The van der Waals surface area contributed by atoms with Gasteiger partial charge in [-0.1, -0.05) is 29.8 Å². The van der Waals surface area contributed by atoms with Crippen molar-refractivity contribution in [3.8, 4) is 0 Å². The van der Waals surface area contributed by atoms with Gasteiger partial charge in [-0.2, -0.15) is 0 Å². The van der Waals surface area contributed by atoms with E-state index in [1.165, 1.54) is 15.7 Å². The molecule has 3 rings (SSSR count). The van der Waals surface area contributed by atoms with Crippen molar-refractivity contribution in [3.63, 3.8) is 0 Å². The number of rotatable bonds is 7. The Labute approximate surface area is 158 Å². The first-order valence-electron chi connectivity index (χ1n) is 9.20. The van der Waals surface area contributed by atoms with Gasteiger partial charge in [0.05, 0.1) is 19.8 Å². The number of nitrogens with one attached hydrogen (secondary N) is 2. The highest BCUT2D eigenvalue weighted by Gasteiger charge is 2.11. The standard InChI is InChI=1S/C20H27N3O2S/c1-2-21-20(22-10-7-15-8-11-25-12-9-15)23-14-17(24)19-13-16-5-3-4-6-18(16)26-19/h3-6,8,13,17,24H,2,7,9-12,14H2,1H3,(H2,21,22,23). The van der Waals surface area contributed by atoms with E-state index in [1.807, 2.05) is 19.1 Å². The molecule has 26 heavy (non-hydrogen) atoms. The van der Waals surface area contributed by atoms with E-state index in [0.29, 0.717) is 6.54 Å². The van der Waals surface area contributed by atoms with Crippen LogP contribution in [0.4, 0.5) is 0 Å². The van der Waals surface area contributed by atoms with Crippen molar-refractivity contribution < 1.29 is 9.84 Å². The molecule has 1 aliphatic heterocycles. The van der Waals surface area contributed by atoms with Gasteiger partial charge in [-0.05, 0) is 37.3 Å². The van der Waals surface area contributed by atoms with Gasteiger partial charge in [0, 0.05) is 22.7 Å². The van der Waals surface area contributed by atoms with Gasteiger partial charge in [0.15, 0.2) is 5.96 Å². The fraction of sp³-hybridized carbons (Fsp3) is 0.450. The molecule has 0 fully saturated rings. The lowest BCUT2D eigenvalue weighted by molar-refractivity contribution is 0.153. The van der Waals surface area contributed by atoms with E-state index in [-0.39, 0.29) is 0 Å². The smallest absolute Gasteiger partial charge is 0.191 e. The maximum Gasteiger partial charge on any atom is 0.191 e. The average Bonchev–Trinajstić information content (AvgIpc) is 3.11. The summed E-state index contributed by atoms with van der Waals surface area (Å²) in [6, 6.07) is 10.2. The molecule has 1 aromatic carbocycles. The molecule has 140 valence electrons. The second-order valence-corrected chi connectivity index (χ2v) is 7.40. The molecule has 0 spiro atoms. The minimum atomic E-state index is -0.582. The number of thiophene rings is 1. The highest BCUT2D eigenvalue weighted by molar-refractivity contribution is 7.19. The summed E-state index contributed by atoms with van der Waals surface area (Å²) in [7, 11) is 0. The van der Waals surface area contributed by atoms with Crippen molar-refractivity contribution in [1.82, 2.24) is 10.6 Å². The summed E-state index contributed by atoms with van der Waals surface area (Å²) in [5, 5.41) is 18.3. The molecule has 0 saturated carbocycles. The second kappa shape index (κ2) is 9.71. The third-order valence-corrected chi connectivity index (χ3v) is 5.55. The van der Waals surface area contributed by atoms with Gasteiger partial charge >= 0.3 is 0 Å². The van der Waals surface area contributed by atoms with Crippen molar-refractivity contribution in [2.75, 3.05) is 32.8 Å². The molecule has 0 aliphatic carbocycles. The monoisotopic (exact) mass is 373 g/mol. The van der Waals surface area contributed by atoms with Crippen LogP contribution in [0.5, 0.6) is 0 Å². The van der Waals surface area contributed by atoms with Gasteiger partial charge in [-0.25, -0.2) is 0 Å². The number of aliphatic hydroxyl groups excluding tert-OH is 1. The molecular formula is C20H27N3O2S. The van der Waals surface area contributed by atoms with Crippen LogP contribution in [0.2, 0.25) is 0 Å². The van der Waals surface area contributed by atoms with E-state index in [4.69, 9.17) is 4.74 Å². The summed E-state index contributed by atoms with van der Waals surface area (Å²) in [6.45, 7) is 5.56. The Morgan fingerprint density at radius 3 is 3.00 bits per heavy atom. The highest BCUT2D eigenvalue weighted by Crippen LogP contribution is 2.29. The number of ether oxygens (including phenoxy) is 1. The summed E-state index contributed by atoms with van der Waals surface area (Å²) in [4.78, 5) is 5.51. The van der Waals surface area contributed by atoms with Crippen LogP contribution in [0.15, 0.2) is 47.0 Å². The van der Waals surface area contributed by atoms with Crippen molar-refractivity contribution in [2.45, 2.75) is 25.9 Å². The topological polar surface area (TPSA) is 65.9 Å². The molecule has 0 amide bonds. The van der Waals surface area contributed by atoms with E-state index in [0.717, 1.165) is 50.0 Å². The van der Waals surface area contributed by atoms with Crippen LogP contribution < -0.4 is 10.6 Å². The molecule has 6 heteroatoms. The summed E-state index contributed by atoms with van der Waals surface area (Å²) >= 11 is 1.63. The van der Waals surface area contributed by atoms with Crippen molar-refractivity contribution in [1.29, 1.82) is 0 Å². The Morgan fingerprint density at radius 1 is 1.35 bits per heavy atom. The maximum absolute atomic E-state index is 10.5. The Hall–Kier alpha value is -1.89. The molecule has 1 atom stereocenters. The van der Waals surface area contributed by atoms with Gasteiger partial charge in [-0.15, -0.1) is 11.3 Å². The fourth-order valence-corrected chi connectivity index (χ4v) is 3.95. The third kappa shape index (κ3) is 5.30. The Balaban J connectivity index is 1.54. The van der Waals surface area contributed by atoms with Gasteiger partial charge in [0.25, 0.3) is 0 Å². The summed E-state index contributed by atoms with van der Waals surface area (Å²) in [6.07, 6.45) is 3.59. The van der Waals surface area contributed by atoms with Crippen LogP contribution in [0.1, 0.15) is 30.7 Å². The molecule has 1 aliphatic rings. The number of hydrogen-bond acceptors (Lipinski definition) is 4. The van der Waals surface area contributed by atoms with Gasteiger partial charge in [-0.3, -0.25) is 4.99 Å². The predicted molar refractivity (Wildman–Crippen MR) is 109 cm³/mol. The SMILES string of the molecule is CCNC(=NCC(O)c1cc2ccccc2s1)NCCC1=CCOCC1. The lowest BCUT2D eigenvalue weighted by Gasteiger charge is -2.16. The molecule has 2 aromatic rings. The zero-order valence-corrected chi connectivity index (χ0v) is 16.0. The van der Waals surface area contributed by atoms with Crippen molar-refractivity contribution >= 4 is 27.4 Å². The van der Waals surface area contributed by atoms with Crippen LogP contribution in [0.25, 0.3) is 10.1 Å². The Kier molecular flexibility index (Phi) is 7.05. The average molecular weight is 374 g/mol. The second-order valence-electron chi connectivity index (χ2n) is 6.29. The minimum absolute atomic E-state index is 0.346. The largest absolute Gasteiger partial charge is 0.386 e. The number of benzene rings is 1. The molecule has 0 bridgehead atoms.